The first-order chi connectivity index (χ1) is 10.8. The van der Waals surface area contributed by atoms with Crippen LogP contribution in [0, 0.1) is 0 Å². The molecule has 0 bridgehead atoms. The Morgan fingerprint density at radius 1 is 1.09 bits per heavy atom. The van der Waals surface area contributed by atoms with Crippen molar-refractivity contribution in [3.63, 3.8) is 0 Å². The van der Waals surface area contributed by atoms with Crippen molar-refractivity contribution in [2.45, 2.75) is 12.6 Å². The highest BCUT2D eigenvalue weighted by molar-refractivity contribution is 5.85. The number of ether oxygens (including phenoxy) is 2. The summed E-state index contributed by atoms with van der Waals surface area (Å²) in [5, 5.41) is 0. The normalized spacial score (nSPS) is 18.2. The number of rotatable bonds is 5. The Hall–Kier alpha value is -1.59. The van der Waals surface area contributed by atoms with Crippen LogP contribution in [0.4, 0.5) is 0 Å². The van der Waals surface area contributed by atoms with E-state index >= 15 is 0 Å². The van der Waals surface area contributed by atoms with Crippen molar-refractivity contribution in [1.29, 1.82) is 0 Å². The van der Waals surface area contributed by atoms with Crippen LogP contribution >= 0.6 is 12.4 Å². The van der Waals surface area contributed by atoms with E-state index < -0.39 is 0 Å². The van der Waals surface area contributed by atoms with Crippen molar-refractivity contribution in [2.24, 2.45) is 5.73 Å². The van der Waals surface area contributed by atoms with E-state index in [2.05, 4.69) is 17.0 Å². The van der Waals surface area contributed by atoms with Crippen molar-refractivity contribution in [2.75, 3.05) is 26.2 Å². The van der Waals surface area contributed by atoms with Crippen LogP contribution in [0.3, 0.4) is 0 Å². The van der Waals surface area contributed by atoms with Gasteiger partial charge in [-0.25, -0.2) is 0 Å². The van der Waals surface area contributed by atoms with Crippen LogP contribution in [0.15, 0.2) is 54.6 Å². The Balaban J connectivity index is 0.00000192. The highest BCUT2D eigenvalue weighted by atomic mass is 35.5. The zero-order valence-corrected chi connectivity index (χ0v) is 13.9. The molecule has 2 aromatic rings. The van der Waals surface area contributed by atoms with Crippen molar-refractivity contribution in [3.8, 4) is 11.5 Å². The minimum atomic E-state index is 0. The van der Waals surface area contributed by atoms with Crippen LogP contribution in [0.5, 0.6) is 11.5 Å². The Kier molecular flexibility index (Phi) is 6.86. The molecule has 4 nitrogen and oxygen atoms in total. The summed E-state index contributed by atoms with van der Waals surface area (Å²) in [6.07, 6.45) is 0.150. The zero-order valence-electron chi connectivity index (χ0n) is 13.1. The summed E-state index contributed by atoms with van der Waals surface area (Å²) in [6.45, 7) is 4.06. The summed E-state index contributed by atoms with van der Waals surface area (Å²) in [6, 6.07) is 18.1. The van der Waals surface area contributed by atoms with E-state index in [-0.39, 0.29) is 18.5 Å². The fourth-order valence-electron chi connectivity index (χ4n) is 2.66. The number of nitrogens with zero attached hydrogens (tertiary/aromatic N) is 1. The number of nitrogens with two attached hydrogens (primary N) is 1. The van der Waals surface area contributed by atoms with Gasteiger partial charge < -0.3 is 15.2 Å². The van der Waals surface area contributed by atoms with Crippen LogP contribution in [0.25, 0.3) is 0 Å². The third-order valence-electron chi connectivity index (χ3n) is 3.77. The van der Waals surface area contributed by atoms with Gasteiger partial charge in [-0.1, -0.05) is 30.3 Å². The molecule has 0 spiro atoms. The average Bonchev–Trinajstić information content (AvgIpc) is 2.56. The summed E-state index contributed by atoms with van der Waals surface area (Å²) >= 11 is 0. The Bertz CT molecular complexity index is 595. The van der Waals surface area contributed by atoms with Gasteiger partial charge in [0.05, 0.1) is 12.7 Å². The molecule has 1 aliphatic rings. The number of para-hydroxylation sites is 1. The molecule has 2 aromatic carbocycles. The second-order valence-corrected chi connectivity index (χ2v) is 5.53. The van der Waals surface area contributed by atoms with E-state index in [4.69, 9.17) is 15.2 Å². The van der Waals surface area contributed by atoms with Crippen molar-refractivity contribution in [3.05, 3.63) is 60.2 Å². The maximum atomic E-state index is 5.89. The minimum absolute atomic E-state index is 0. The van der Waals surface area contributed by atoms with Crippen LogP contribution in [0.1, 0.15) is 5.56 Å². The average molecular weight is 335 g/mol. The van der Waals surface area contributed by atoms with Gasteiger partial charge in [0.25, 0.3) is 0 Å². The van der Waals surface area contributed by atoms with Crippen LogP contribution in [0.2, 0.25) is 0 Å². The molecule has 2 N–H and O–H groups in total. The number of morpholine rings is 1. The number of halogens is 1. The highest BCUT2D eigenvalue weighted by Crippen LogP contribution is 2.22. The van der Waals surface area contributed by atoms with Gasteiger partial charge in [0.1, 0.15) is 11.5 Å². The number of benzene rings is 2. The summed E-state index contributed by atoms with van der Waals surface area (Å²) in [7, 11) is 0. The van der Waals surface area contributed by atoms with Gasteiger partial charge in [0.15, 0.2) is 0 Å². The first-order valence-electron chi connectivity index (χ1n) is 7.69. The van der Waals surface area contributed by atoms with Crippen LogP contribution in [-0.4, -0.2) is 37.2 Å². The summed E-state index contributed by atoms with van der Waals surface area (Å²) in [5.41, 5.74) is 6.94. The van der Waals surface area contributed by atoms with Gasteiger partial charge in [-0.15, -0.1) is 12.4 Å². The third-order valence-corrected chi connectivity index (χ3v) is 3.77. The number of hydrogen-bond acceptors (Lipinski definition) is 4. The quantitative estimate of drug-likeness (QED) is 0.913. The summed E-state index contributed by atoms with van der Waals surface area (Å²) < 4.78 is 11.5. The molecule has 0 amide bonds. The maximum absolute atomic E-state index is 5.89. The van der Waals surface area contributed by atoms with E-state index in [9.17, 15) is 0 Å². The van der Waals surface area contributed by atoms with Gasteiger partial charge in [-0.05, 0) is 29.8 Å². The lowest BCUT2D eigenvalue weighted by atomic mass is 10.1. The monoisotopic (exact) mass is 334 g/mol. The lowest BCUT2D eigenvalue weighted by Gasteiger charge is -2.32. The van der Waals surface area contributed by atoms with Gasteiger partial charge >= 0.3 is 0 Å². The predicted octanol–water partition coefficient (Wildman–Crippen LogP) is 3.06. The first-order valence-corrected chi connectivity index (χ1v) is 7.69. The molecule has 0 aromatic heterocycles. The standard InChI is InChI=1S/C18H22N2O2.ClH/c19-12-18-14-20(9-10-21-18)13-15-5-4-8-17(11-15)22-16-6-2-1-3-7-16;/h1-8,11,18H,9-10,12-14,19H2;1H. The largest absolute Gasteiger partial charge is 0.457 e. The van der Waals surface area contributed by atoms with Crippen LogP contribution in [-0.2, 0) is 11.3 Å². The predicted molar refractivity (Wildman–Crippen MR) is 94.3 cm³/mol. The molecule has 1 aliphatic heterocycles. The molecule has 1 saturated heterocycles. The van der Waals surface area contributed by atoms with Crippen molar-refractivity contribution >= 4 is 12.4 Å². The molecule has 3 rings (SSSR count). The Labute approximate surface area is 143 Å². The maximum Gasteiger partial charge on any atom is 0.127 e. The van der Waals surface area contributed by atoms with E-state index in [1.165, 1.54) is 5.56 Å². The molecule has 23 heavy (non-hydrogen) atoms. The summed E-state index contributed by atoms with van der Waals surface area (Å²) in [5.74, 6) is 1.72. The number of hydrogen-bond donors (Lipinski definition) is 1. The Morgan fingerprint density at radius 3 is 2.65 bits per heavy atom. The lowest BCUT2D eigenvalue weighted by Crippen LogP contribution is -2.45. The molecule has 0 saturated carbocycles. The fraction of sp³-hybridized carbons (Fsp3) is 0.333. The molecule has 0 radical (unpaired) electrons. The smallest absolute Gasteiger partial charge is 0.127 e. The molecule has 1 heterocycles. The van der Waals surface area contributed by atoms with Crippen molar-refractivity contribution in [1.82, 2.24) is 4.90 Å². The Morgan fingerprint density at radius 2 is 1.87 bits per heavy atom. The van der Waals surface area contributed by atoms with Crippen molar-refractivity contribution < 1.29 is 9.47 Å². The highest BCUT2D eigenvalue weighted by Gasteiger charge is 2.19. The fourth-order valence-corrected chi connectivity index (χ4v) is 2.66. The van der Waals surface area contributed by atoms with E-state index in [0.29, 0.717) is 6.54 Å². The molecular weight excluding hydrogens is 312 g/mol. The lowest BCUT2D eigenvalue weighted by molar-refractivity contribution is -0.0260. The molecule has 1 fully saturated rings. The second kappa shape index (κ2) is 8.89. The van der Waals surface area contributed by atoms with E-state index in [1.807, 2.05) is 42.5 Å². The molecule has 5 heteroatoms. The van der Waals surface area contributed by atoms with Gasteiger partial charge in [-0.2, -0.15) is 0 Å². The molecule has 0 aliphatic carbocycles. The van der Waals surface area contributed by atoms with Gasteiger partial charge in [0, 0.05) is 26.2 Å². The van der Waals surface area contributed by atoms with E-state index in [1.54, 1.807) is 0 Å². The molecule has 1 unspecified atom stereocenters. The molecular formula is C18H23ClN2O2. The van der Waals surface area contributed by atoms with Gasteiger partial charge in [-0.3, -0.25) is 4.90 Å². The topological polar surface area (TPSA) is 47.7 Å². The molecule has 1 atom stereocenters. The zero-order chi connectivity index (χ0) is 15.2. The van der Waals surface area contributed by atoms with Crippen LogP contribution < -0.4 is 10.5 Å². The first kappa shape index (κ1) is 17.8. The molecule has 124 valence electrons. The van der Waals surface area contributed by atoms with E-state index in [0.717, 1.165) is 37.7 Å². The SMILES string of the molecule is Cl.NCC1CN(Cc2cccc(Oc3ccccc3)c2)CCO1. The third kappa shape index (κ3) is 5.22. The minimum Gasteiger partial charge on any atom is -0.457 e. The second-order valence-electron chi connectivity index (χ2n) is 5.53. The van der Waals surface area contributed by atoms with Gasteiger partial charge in [0.2, 0.25) is 0 Å². The summed E-state index contributed by atoms with van der Waals surface area (Å²) in [4.78, 5) is 2.38.